The van der Waals surface area contributed by atoms with E-state index in [1.54, 1.807) is 24.5 Å². The van der Waals surface area contributed by atoms with Crippen LogP contribution in [0.3, 0.4) is 0 Å². The summed E-state index contributed by atoms with van der Waals surface area (Å²) < 4.78 is 35.0. The highest BCUT2D eigenvalue weighted by Gasteiger charge is 2.38. The van der Waals surface area contributed by atoms with E-state index in [1.807, 2.05) is 33.8 Å². The molecule has 10 nitrogen and oxygen atoms in total. The Bertz CT molecular complexity index is 1530. The maximum Gasteiger partial charge on any atom is 0.340 e. The number of nitrogens with one attached hydrogen (secondary N) is 1. The fourth-order valence-electron chi connectivity index (χ4n) is 4.77. The van der Waals surface area contributed by atoms with Gasteiger partial charge in [-0.25, -0.2) is 28.2 Å². The third-order valence-corrected chi connectivity index (χ3v) is 9.19. The van der Waals surface area contributed by atoms with Crippen molar-refractivity contribution >= 4 is 38.2 Å². The lowest BCUT2D eigenvalue weighted by Gasteiger charge is -2.34. The molecule has 0 spiro atoms. The lowest BCUT2D eigenvalue weighted by Crippen LogP contribution is -2.42. The third-order valence-electron chi connectivity index (χ3n) is 7.60. The second kappa shape index (κ2) is 9.16. The highest BCUT2D eigenvalue weighted by molar-refractivity contribution is 7.91. The van der Waals surface area contributed by atoms with Crippen molar-refractivity contribution in [2.75, 3.05) is 18.2 Å². The topological polar surface area (TPSA) is 146 Å². The normalized spacial score (nSPS) is 22.1. The van der Waals surface area contributed by atoms with Gasteiger partial charge in [0.15, 0.2) is 9.84 Å². The van der Waals surface area contributed by atoms with Crippen molar-refractivity contribution < 1.29 is 22.7 Å². The quantitative estimate of drug-likeness (QED) is 0.425. The van der Waals surface area contributed by atoms with Crippen LogP contribution in [0.2, 0.25) is 0 Å². The van der Waals surface area contributed by atoms with Crippen LogP contribution in [0.5, 0.6) is 5.88 Å². The Kier molecular flexibility index (Phi) is 6.34. The van der Waals surface area contributed by atoms with E-state index in [1.165, 1.54) is 6.26 Å². The minimum absolute atomic E-state index is 0.223. The molecule has 11 heteroatoms. The Labute approximate surface area is 222 Å². The molecular formula is C27H33N5O5S. The Morgan fingerprint density at radius 2 is 1.92 bits per heavy atom. The minimum Gasteiger partial charge on any atom is -0.474 e. The van der Waals surface area contributed by atoms with E-state index in [0.717, 1.165) is 10.9 Å². The van der Waals surface area contributed by atoms with Gasteiger partial charge in [0.25, 0.3) is 0 Å². The Morgan fingerprint density at radius 1 is 1.18 bits per heavy atom. The van der Waals surface area contributed by atoms with Crippen LogP contribution in [0.15, 0.2) is 30.6 Å². The number of nitrogens with two attached hydrogens (primary N) is 1. The molecule has 3 aromatic rings. The van der Waals surface area contributed by atoms with Gasteiger partial charge in [0.1, 0.15) is 24.3 Å². The summed E-state index contributed by atoms with van der Waals surface area (Å²) in [5, 5.41) is 4.41. The van der Waals surface area contributed by atoms with E-state index in [2.05, 4.69) is 15.3 Å². The zero-order valence-corrected chi connectivity index (χ0v) is 23.1. The van der Waals surface area contributed by atoms with Gasteiger partial charge in [0.2, 0.25) is 5.88 Å². The molecule has 0 radical (unpaired) electrons. The van der Waals surface area contributed by atoms with Crippen LogP contribution in [-0.4, -0.2) is 53.6 Å². The lowest BCUT2D eigenvalue weighted by molar-refractivity contribution is 0.0366. The molecule has 4 heterocycles. The Morgan fingerprint density at radius 3 is 2.61 bits per heavy atom. The number of hydrogen-bond donors (Lipinski definition) is 2. The molecule has 0 aromatic carbocycles. The molecule has 0 amide bonds. The van der Waals surface area contributed by atoms with Crippen molar-refractivity contribution in [3.8, 4) is 5.88 Å². The maximum atomic E-state index is 12.2. The predicted molar refractivity (Wildman–Crippen MR) is 144 cm³/mol. The molecule has 1 aliphatic carbocycles. The molecule has 38 heavy (non-hydrogen) atoms. The van der Waals surface area contributed by atoms with Crippen molar-refractivity contribution in [1.82, 2.24) is 15.0 Å². The van der Waals surface area contributed by atoms with Crippen molar-refractivity contribution in [3.63, 3.8) is 0 Å². The van der Waals surface area contributed by atoms with Gasteiger partial charge in [-0.1, -0.05) is 20.8 Å². The van der Waals surface area contributed by atoms with Crippen LogP contribution in [0.25, 0.3) is 10.8 Å². The molecule has 1 fully saturated rings. The minimum atomic E-state index is -3.08. The summed E-state index contributed by atoms with van der Waals surface area (Å²) >= 11 is 0. The average Bonchev–Trinajstić information content (AvgIpc) is 2.82. The van der Waals surface area contributed by atoms with Crippen molar-refractivity contribution in [1.29, 1.82) is 0 Å². The number of ether oxygens (including phenoxy) is 2. The molecule has 3 aromatic heterocycles. The first-order valence-corrected chi connectivity index (χ1v) is 14.6. The van der Waals surface area contributed by atoms with Crippen LogP contribution >= 0.6 is 0 Å². The molecule has 0 bridgehead atoms. The van der Waals surface area contributed by atoms with Crippen LogP contribution in [0.1, 0.15) is 68.6 Å². The molecule has 1 aliphatic heterocycles. The van der Waals surface area contributed by atoms with Gasteiger partial charge in [0, 0.05) is 42.4 Å². The third kappa shape index (κ3) is 4.80. The molecule has 0 unspecified atom stereocenters. The second-order valence-electron chi connectivity index (χ2n) is 11.2. The molecule has 1 saturated carbocycles. The number of pyridine rings is 3. The first kappa shape index (κ1) is 26.3. The summed E-state index contributed by atoms with van der Waals surface area (Å²) in [6, 6.07) is 5.33. The summed E-state index contributed by atoms with van der Waals surface area (Å²) in [6.07, 6.45) is 6.00. The number of sulfone groups is 1. The van der Waals surface area contributed by atoms with Crippen LogP contribution in [0.4, 0.5) is 11.6 Å². The van der Waals surface area contributed by atoms with Gasteiger partial charge in [0.05, 0.1) is 21.9 Å². The van der Waals surface area contributed by atoms with Gasteiger partial charge in [-0.05, 0) is 42.5 Å². The van der Waals surface area contributed by atoms with Crippen LogP contribution < -0.4 is 15.8 Å². The second-order valence-corrected chi connectivity index (χ2v) is 13.5. The highest BCUT2D eigenvalue weighted by Crippen LogP contribution is 2.37. The monoisotopic (exact) mass is 539 g/mol. The SMILES string of the molecule is CC[C@@](C)(N)c1cnc(O[C@H]2C[C@@H](S(C)(=O)=O)C2)c2cnc(Nc3ccc4c(n3)C(C)(C)COC4=O)cc12. The smallest absolute Gasteiger partial charge is 0.340 e. The predicted octanol–water partition coefficient (Wildman–Crippen LogP) is 3.75. The molecule has 1 atom stereocenters. The van der Waals surface area contributed by atoms with Crippen molar-refractivity contribution in [2.45, 2.75) is 69.3 Å². The number of cyclic esters (lactones) is 1. The standard InChI is InChI=1S/C27H33N5O5S/c1-6-27(4,28)20-13-30-24(37-15-9-16(10-15)38(5,34)35)19-12-29-22(11-18(19)20)31-21-8-7-17-23(32-21)26(2,3)14-36-25(17)33/h7-8,11-13,15-16H,6,9-10,14,28H2,1-5H3,(H,29,31,32)/t15-,16+,27-/m1/s1. The fourth-order valence-corrected chi connectivity index (χ4v) is 5.90. The highest BCUT2D eigenvalue weighted by atomic mass is 32.2. The van der Waals surface area contributed by atoms with E-state index < -0.39 is 20.8 Å². The summed E-state index contributed by atoms with van der Waals surface area (Å²) in [7, 11) is -3.08. The van der Waals surface area contributed by atoms with Crippen LogP contribution in [0, 0.1) is 0 Å². The number of carbonyl (C=O) groups is 1. The molecule has 3 N–H and O–H groups in total. The number of anilines is 2. The fraction of sp³-hybridized carbons (Fsp3) is 0.481. The molecule has 2 aliphatic rings. The summed E-state index contributed by atoms with van der Waals surface area (Å²) in [6.45, 7) is 8.20. The van der Waals surface area contributed by atoms with Crippen molar-refractivity contribution in [3.05, 3.63) is 47.4 Å². The first-order valence-electron chi connectivity index (χ1n) is 12.7. The van der Waals surface area contributed by atoms with Gasteiger partial charge >= 0.3 is 5.97 Å². The Hall–Kier alpha value is -3.31. The summed E-state index contributed by atoms with van der Waals surface area (Å²) in [4.78, 5) is 26.0. The first-order chi connectivity index (χ1) is 17.8. The number of nitrogens with zero attached hydrogens (tertiary/aromatic N) is 3. The summed E-state index contributed by atoms with van der Waals surface area (Å²) in [5.41, 5.74) is 7.56. The van der Waals surface area contributed by atoms with Gasteiger partial charge in [-0.2, -0.15) is 0 Å². The Balaban J connectivity index is 1.49. The number of fused-ring (bicyclic) bond motifs is 2. The van der Waals surface area contributed by atoms with Gasteiger partial charge in [-0.3, -0.25) is 0 Å². The zero-order valence-electron chi connectivity index (χ0n) is 22.2. The molecule has 0 saturated heterocycles. The zero-order chi connectivity index (χ0) is 27.5. The van der Waals surface area contributed by atoms with Crippen molar-refractivity contribution in [2.24, 2.45) is 5.73 Å². The number of hydrogen-bond acceptors (Lipinski definition) is 10. The van der Waals surface area contributed by atoms with E-state index in [4.69, 9.17) is 20.2 Å². The molecular weight excluding hydrogens is 506 g/mol. The maximum absolute atomic E-state index is 12.2. The van der Waals surface area contributed by atoms with E-state index in [0.29, 0.717) is 53.4 Å². The molecule has 202 valence electrons. The van der Waals surface area contributed by atoms with Gasteiger partial charge in [-0.15, -0.1) is 0 Å². The van der Waals surface area contributed by atoms with E-state index >= 15 is 0 Å². The van der Waals surface area contributed by atoms with E-state index in [-0.39, 0.29) is 23.9 Å². The number of aromatic nitrogens is 3. The lowest BCUT2D eigenvalue weighted by atomic mass is 9.85. The molecule has 5 rings (SSSR count). The average molecular weight is 540 g/mol. The van der Waals surface area contributed by atoms with E-state index in [9.17, 15) is 13.2 Å². The number of rotatable bonds is 7. The number of carbonyl (C=O) groups excluding carboxylic acids is 1. The summed E-state index contributed by atoms with van der Waals surface area (Å²) in [5.74, 6) is 1.13. The van der Waals surface area contributed by atoms with Gasteiger partial charge < -0.3 is 20.5 Å². The largest absolute Gasteiger partial charge is 0.474 e. The number of esters is 1. The van der Waals surface area contributed by atoms with Crippen LogP contribution in [-0.2, 0) is 25.5 Å².